The van der Waals surface area contributed by atoms with Gasteiger partial charge in [-0.05, 0) is 51.0 Å². The molecule has 2 fully saturated rings. The average molecular weight is 282 g/mol. The third-order valence-corrected chi connectivity index (χ3v) is 4.99. The summed E-state index contributed by atoms with van der Waals surface area (Å²) in [6.07, 6.45) is 9.11. The summed E-state index contributed by atoms with van der Waals surface area (Å²) in [5, 5.41) is 13.6. The molecule has 1 saturated carbocycles. The van der Waals surface area contributed by atoms with Gasteiger partial charge in [0.2, 0.25) is 5.91 Å². The number of likely N-dealkylation sites (tertiary alicyclic amines) is 1. The number of amides is 1. The molecule has 0 aromatic rings. The van der Waals surface area contributed by atoms with Crippen LogP contribution in [0.25, 0.3) is 0 Å². The molecular weight excluding hydrogens is 252 g/mol. The van der Waals surface area contributed by atoms with Crippen molar-refractivity contribution >= 4 is 5.91 Å². The van der Waals surface area contributed by atoms with Gasteiger partial charge in [0.1, 0.15) is 0 Å². The Balaban J connectivity index is 1.54. The van der Waals surface area contributed by atoms with Crippen molar-refractivity contribution in [1.29, 1.82) is 0 Å². The first kappa shape index (κ1) is 15.8. The van der Waals surface area contributed by atoms with Gasteiger partial charge < -0.3 is 15.3 Å². The SMILES string of the molecule is CC(=O)N1CCC(NCCCC2CCCCC2O)CC1. The fraction of sp³-hybridized carbons (Fsp3) is 0.938. The van der Waals surface area contributed by atoms with E-state index in [0.29, 0.717) is 12.0 Å². The number of nitrogens with one attached hydrogen (secondary N) is 1. The van der Waals surface area contributed by atoms with Gasteiger partial charge in [-0.2, -0.15) is 0 Å². The lowest BCUT2D eigenvalue weighted by Crippen LogP contribution is -2.44. The van der Waals surface area contributed by atoms with E-state index in [1.54, 1.807) is 6.92 Å². The molecule has 1 saturated heterocycles. The Kier molecular flexibility index (Phi) is 6.30. The maximum Gasteiger partial charge on any atom is 0.219 e. The molecule has 0 radical (unpaired) electrons. The number of aliphatic hydroxyl groups excluding tert-OH is 1. The smallest absolute Gasteiger partial charge is 0.219 e. The second-order valence-electron chi connectivity index (χ2n) is 6.49. The second kappa shape index (κ2) is 7.99. The number of piperidine rings is 1. The van der Waals surface area contributed by atoms with Crippen molar-refractivity contribution in [3.8, 4) is 0 Å². The number of nitrogens with zero attached hydrogens (tertiary/aromatic N) is 1. The Morgan fingerprint density at radius 2 is 1.90 bits per heavy atom. The lowest BCUT2D eigenvalue weighted by atomic mass is 9.83. The van der Waals surface area contributed by atoms with E-state index in [2.05, 4.69) is 5.32 Å². The third kappa shape index (κ3) is 4.74. The van der Waals surface area contributed by atoms with Gasteiger partial charge in [0.15, 0.2) is 0 Å². The van der Waals surface area contributed by atoms with Gasteiger partial charge in [-0.25, -0.2) is 0 Å². The zero-order valence-corrected chi connectivity index (χ0v) is 12.8. The number of aliphatic hydroxyl groups is 1. The molecule has 1 heterocycles. The molecule has 4 nitrogen and oxygen atoms in total. The second-order valence-corrected chi connectivity index (χ2v) is 6.49. The maximum atomic E-state index is 11.3. The van der Waals surface area contributed by atoms with E-state index in [1.807, 2.05) is 4.90 Å². The van der Waals surface area contributed by atoms with Gasteiger partial charge in [0, 0.05) is 26.1 Å². The number of hydrogen-bond acceptors (Lipinski definition) is 3. The van der Waals surface area contributed by atoms with Crippen LogP contribution in [0.15, 0.2) is 0 Å². The van der Waals surface area contributed by atoms with Gasteiger partial charge in [-0.15, -0.1) is 0 Å². The zero-order chi connectivity index (χ0) is 14.4. The molecule has 0 spiro atoms. The van der Waals surface area contributed by atoms with Gasteiger partial charge in [0.05, 0.1) is 6.10 Å². The Morgan fingerprint density at radius 3 is 2.55 bits per heavy atom. The highest BCUT2D eigenvalue weighted by Gasteiger charge is 2.23. The molecule has 2 N–H and O–H groups in total. The summed E-state index contributed by atoms with van der Waals surface area (Å²) in [7, 11) is 0. The van der Waals surface area contributed by atoms with Crippen molar-refractivity contribution in [3.05, 3.63) is 0 Å². The highest BCUT2D eigenvalue weighted by molar-refractivity contribution is 5.73. The zero-order valence-electron chi connectivity index (χ0n) is 12.8. The Bertz CT molecular complexity index is 301. The van der Waals surface area contributed by atoms with E-state index in [0.717, 1.165) is 51.7 Å². The molecule has 0 aromatic carbocycles. The van der Waals surface area contributed by atoms with E-state index in [9.17, 15) is 9.90 Å². The minimum atomic E-state index is -0.0532. The predicted octanol–water partition coefficient (Wildman–Crippen LogP) is 1.92. The number of carbonyl (C=O) groups excluding carboxylic acids is 1. The molecule has 0 aromatic heterocycles. The molecule has 2 rings (SSSR count). The molecule has 1 aliphatic heterocycles. The topological polar surface area (TPSA) is 52.6 Å². The number of rotatable bonds is 5. The summed E-state index contributed by atoms with van der Waals surface area (Å²) >= 11 is 0. The van der Waals surface area contributed by atoms with Gasteiger partial charge in [-0.3, -0.25) is 4.79 Å². The van der Waals surface area contributed by atoms with E-state index in [4.69, 9.17) is 0 Å². The molecule has 2 unspecified atom stereocenters. The molecular formula is C16H30N2O2. The third-order valence-electron chi connectivity index (χ3n) is 4.99. The van der Waals surface area contributed by atoms with Crippen molar-refractivity contribution in [2.24, 2.45) is 5.92 Å². The molecule has 20 heavy (non-hydrogen) atoms. The van der Waals surface area contributed by atoms with E-state index in [-0.39, 0.29) is 12.0 Å². The quantitative estimate of drug-likeness (QED) is 0.758. The van der Waals surface area contributed by atoms with Crippen LogP contribution >= 0.6 is 0 Å². The number of carbonyl (C=O) groups is 1. The van der Waals surface area contributed by atoms with Crippen molar-refractivity contribution < 1.29 is 9.90 Å². The summed E-state index contributed by atoms with van der Waals surface area (Å²) < 4.78 is 0. The van der Waals surface area contributed by atoms with E-state index >= 15 is 0 Å². The van der Waals surface area contributed by atoms with Crippen molar-refractivity contribution in [1.82, 2.24) is 10.2 Å². The monoisotopic (exact) mass is 282 g/mol. The van der Waals surface area contributed by atoms with Crippen LogP contribution in [0.5, 0.6) is 0 Å². The molecule has 116 valence electrons. The van der Waals surface area contributed by atoms with Gasteiger partial charge in [0.25, 0.3) is 0 Å². The van der Waals surface area contributed by atoms with Gasteiger partial charge in [-0.1, -0.05) is 12.8 Å². The van der Waals surface area contributed by atoms with E-state index < -0.39 is 0 Å². The molecule has 4 heteroatoms. The molecule has 2 aliphatic rings. The standard InChI is InChI=1S/C16H30N2O2/c1-13(19)18-11-8-15(9-12-18)17-10-4-6-14-5-2-3-7-16(14)20/h14-17,20H,2-12H2,1H3. The molecule has 0 bridgehead atoms. The Labute approximate surface area is 122 Å². The lowest BCUT2D eigenvalue weighted by Gasteiger charge is -2.32. The van der Waals surface area contributed by atoms with Crippen LogP contribution < -0.4 is 5.32 Å². The Hall–Kier alpha value is -0.610. The van der Waals surface area contributed by atoms with E-state index in [1.165, 1.54) is 19.3 Å². The molecule has 1 aliphatic carbocycles. The Morgan fingerprint density at radius 1 is 1.20 bits per heavy atom. The van der Waals surface area contributed by atoms with Crippen LogP contribution in [0.3, 0.4) is 0 Å². The summed E-state index contributed by atoms with van der Waals surface area (Å²) in [5.74, 6) is 0.736. The fourth-order valence-corrected chi connectivity index (χ4v) is 3.59. The molecule has 2 atom stereocenters. The lowest BCUT2D eigenvalue weighted by molar-refractivity contribution is -0.129. The van der Waals surface area contributed by atoms with Crippen LogP contribution in [0, 0.1) is 5.92 Å². The average Bonchev–Trinajstić information content (AvgIpc) is 2.46. The minimum absolute atomic E-state index is 0.0532. The highest BCUT2D eigenvalue weighted by Crippen LogP contribution is 2.27. The van der Waals surface area contributed by atoms with Crippen LogP contribution in [0.1, 0.15) is 58.3 Å². The normalized spacial score (nSPS) is 28.6. The summed E-state index contributed by atoms with van der Waals surface area (Å²) in [4.78, 5) is 13.2. The minimum Gasteiger partial charge on any atom is -0.393 e. The molecule has 1 amide bonds. The van der Waals surface area contributed by atoms with Crippen LogP contribution in [-0.2, 0) is 4.79 Å². The summed E-state index contributed by atoms with van der Waals surface area (Å²) in [6.45, 7) is 4.50. The van der Waals surface area contributed by atoms with Crippen molar-refractivity contribution in [3.63, 3.8) is 0 Å². The predicted molar refractivity (Wildman–Crippen MR) is 80.5 cm³/mol. The summed E-state index contributed by atoms with van der Waals surface area (Å²) in [6, 6.07) is 0.571. The van der Waals surface area contributed by atoms with Crippen LogP contribution in [-0.4, -0.2) is 47.7 Å². The van der Waals surface area contributed by atoms with Crippen LogP contribution in [0.2, 0.25) is 0 Å². The number of hydrogen-bond donors (Lipinski definition) is 2. The first-order valence-electron chi connectivity index (χ1n) is 8.34. The fourth-order valence-electron chi connectivity index (χ4n) is 3.59. The summed E-state index contributed by atoms with van der Waals surface area (Å²) in [5.41, 5.74) is 0. The van der Waals surface area contributed by atoms with Crippen LogP contribution in [0.4, 0.5) is 0 Å². The van der Waals surface area contributed by atoms with Crippen molar-refractivity contribution in [2.45, 2.75) is 70.4 Å². The van der Waals surface area contributed by atoms with Crippen molar-refractivity contribution in [2.75, 3.05) is 19.6 Å². The van der Waals surface area contributed by atoms with Gasteiger partial charge >= 0.3 is 0 Å². The first-order valence-corrected chi connectivity index (χ1v) is 8.34. The maximum absolute atomic E-state index is 11.3. The first-order chi connectivity index (χ1) is 9.66. The highest BCUT2D eigenvalue weighted by atomic mass is 16.3. The largest absolute Gasteiger partial charge is 0.393 e.